The molecule has 0 bridgehead atoms. The average molecular weight is 278 g/mol. The van der Waals surface area contributed by atoms with Gasteiger partial charge < -0.3 is 14.7 Å². The predicted octanol–water partition coefficient (Wildman–Crippen LogP) is 1.25. The van der Waals surface area contributed by atoms with Crippen LogP contribution in [0.5, 0.6) is 5.75 Å². The Morgan fingerprint density at radius 3 is 3.05 bits per heavy atom. The van der Waals surface area contributed by atoms with Crippen molar-refractivity contribution in [1.29, 1.82) is 0 Å². The number of aliphatic hydroxyl groups excluding tert-OH is 1. The summed E-state index contributed by atoms with van der Waals surface area (Å²) in [6.07, 6.45) is 4.96. The number of ether oxygens (including phenoxy) is 1. The number of aromatic nitrogens is 1. The maximum atomic E-state index is 12.1. The molecule has 1 aromatic heterocycles. The molecular formula is C15H22N2O3. The lowest BCUT2D eigenvalue weighted by Gasteiger charge is -2.34. The number of carbonyl (C=O) groups excluding carboxylic acids is 1. The van der Waals surface area contributed by atoms with Gasteiger partial charge in [0, 0.05) is 25.7 Å². The molecule has 0 saturated carbocycles. The third-order valence-corrected chi connectivity index (χ3v) is 3.90. The van der Waals surface area contributed by atoms with Gasteiger partial charge in [-0.15, -0.1) is 0 Å². The van der Waals surface area contributed by atoms with Crippen LogP contribution in [-0.4, -0.2) is 47.2 Å². The summed E-state index contributed by atoms with van der Waals surface area (Å²) < 4.78 is 5.11. The Morgan fingerprint density at radius 1 is 1.55 bits per heavy atom. The molecule has 1 saturated heterocycles. The molecule has 2 atom stereocenters. The van der Waals surface area contributed by atoms with Crippen LogP contribution in [0.15, 0.2) is 18.5 Å². The second-order valence-electron chi connectivity index (χ2n) is 5.41. The molecule has 0 radical (unpaired) electrons. The van der Waals surface area contributed by atoms with Gasteiger partial charge in [-0.1, -0.05) is 6.92 Å². The average Bonchev–Trinajstić information content (AvgIpc) is 2.47. The van der Waals surface area contributed by atoms with Crippen LogP contribution in [0.2, 0.25) is 0 Å². The summed E-state index contributed by atoms with van der Waals surface area (Å²) in [4.78, 5) is 18.0. The van der Waals surface area contributed by atoms with E-state index in [1.54, 1.807) is 24.4 Å². The number of carbonyl (C=O) groups is 1. The van der Waals surface area contributed by atoms with E-state index in [0.717, 1.165) is 18.5 Å². The molecule has 110 valence electrons. The van der Waals surface area contributed by atoms with Crippen molar-refractivity contribution in [2.75, 3.05) is 20.2 Å². The standard InChI is InChI=1S/C15H22N2O3/c1-11-5-6-17(10-14(11)18)15(19)4-3-12-7-13(20-2)9-16-8-12/h7-9,11,14,18H,3-6,10H2,1-2H3. The van der Waals surface area contributed by atoms with Gasteiger partial charge in [-0.05, 0) is 30.4 Å². The first kappa shape index (κ1) is 14.8. The molecule has 1 amide bonds. The van der Waals surface area contributed by atoms with Crippen molar-refractivity contribution < 1.29 is 14.6 Å². The molecule has 2 unspecified atom stereocenters. The molecule has 1 aromatic rings. The highest BCUT2D eigenvalue weighted by molar-refractivity contribution is 5.76. The van der Waals surface area contributed by atoms with Crippen LogP contribution >= 0.6 is 0 Å². The summed E-state index contributed by atoms with van der Waals surface area (Å²) in [5.74, 6) is 1.08. The molecule has 5 heteroatoms. The minimum absolute atomic E-state index is 0.0961. The smallest absolute Gasteiger partial charge is 0.222 e. The molecule has 1 aliphatic heterocycles. The van der Waals surface area contributed by atoms with E-state index in [-0.39, 0.29) is 11.8 Å². The first-order valence-corrected chi connectivity index (χ1v) is 7.04. The van der Waals surface area contributed by atoms with Crippen molar-refractivity contribution >= 4 is 5.91 Å². The summed E-state index contributed by atoms with van der Waals surface area (Å²) in [5.41, 5.74) is 0.989. The molecule has 1 N–H and O–H groups in total. The van der Waals surface area contributed by atoms with E-state index in [1.165, 1.54) is 0 Å². The maximum Gasteiger partial charge on any atom is 0.222 e. The van der Waals surface area contributed by atoms with Crippen molar-refractivity contribution in [2.45, 2.75) is 32.3 Å². The minimum Gasteiger partial charge on any atom is -0.495 e. The SMILES string of the molecule is COc1cncc(CCC(=O)N2CCC(C)C(O)C2)c1. The van der Waals surface area contributed by atoms with Crippen molar-refractivity contribution in [3.05, 3.63) is 24.0 Å². The number of rotatable bonds is 4. The van der Waals surface area contributed by atoms with Crippen LogP contribution in [0.1, 0.15) is 25.3 Å². The van der Waals surface area contributed by atoms with Crippen LogP contribution in [0.25, 0.3) is 0 Å². The van der Waals surface area contributed by atoms with E-state index in [9.17, 15) is 9.90 Å². The molecule has 0 aromatic carbocycles. The van der Waals surface area contributed by atoms with Gasteiger partial charge in [0.15, 0.2) is 0 Å². The van der Waals surface area contributed by atoms with Gasteiger partial charge in [0.25, 0.3) is 0 Å². The van der Waals surface area contributed by atoms with Crippen LogP contribution in [0, 0.1) is 5.92 Å². The zero-order valence-electron chi connectivity index (χ0n) is 12.1. The third kappa shape index (κ3) is 3.70. The molecule has 1 aliphatic rings. The Labute approximate surface area is 119 Å². The number of aliphatic hydroxyl groups is 1. The summed E-state index contributed by atoms with van der Waals surface area (Å²) in [6.45, 7) is 3.22. The second-order valence-corrected chi connectivity index (χ2v) is 5.41. The quantitative estimate of drug-likeness (QED) is 0.900. The lowest BCUT2D eigenvalue weighted by atomic mass is 9.95. The van der Waals surface area contributed by atoms with Crippen molar-refractivity contribution in [1.82, 2.24) is 9.88 Å². The number of aryl methyl sites for hydroxylation is 1. The number of piperidine rings is 1. The van der Waals surface area contributed by atoms with Crippen LogP contribution in [0.3, 0.4) is 0 Å². The van der Waals surface area contributed by atoms with Crippen LogP contribution in [-0.2, 0) is 11.2 Å². The lowest BCUT2D eigenvalue weighted by Crippen LogP contribution is -2.45. The number of nitrogens with zero attached hydrogens (tertiary/aromatic N) is 2. The molecule has 0 spiro atoms. The third-order valence-electron chi connectivity index (χ3n) is 3.90. The van der Waals surface area contributed by atoms with E-state index in [0.29, 0.717) is 25.1 Å². The summed E-state index contributed by atoms with van der Waals surface area (Å²) in [5, 5.41) is 9.83. The van der Waals surface area contributed by atoms with Gasteiger partial charge in [0.2, 0.25) is 5.91 Å². The molecule has 2 heterocycles. The fraction of sp³-hybridized carbons (Fsp3) is 0.600. The maximum absolute atomic E-state index is 12.1. The summed E-state index contributed by atoms with van der Waals surface area (Å²) >= 11 is 0. The zero-order chi connectivity index (χ0) is 14.5. The van der Waals surface area contributed by atoms with Gasteiger partial charge >= 0.3 is 0 Å². The number of methoxy groups -OCH3 is 1. The summed E-state index contributed by atoms with van der Waals surface area (Å²) in [6, 6.07) is 1.90. The second kappa shape index (κ2) is 6.70. The van der Waals surface area contributed by atoms with E-state index in [1.807, 2.05) is 13.0 Å². The molecule has 2 rings (SSSR count). The highest BCUT2D eigenvalue weighted by atomic mass is 16.5. The van der Waals surface area contributed by atoms with Crippen LogP contribution < -0.4 is 4.74 Å². The number of hydrogen-bond acceptors (Lipinski definition) is 4. The van der Waals surface area contributed by atoms with Gasteiger partial charge in [-0.3, -0.25) is 9.78 Å². The largest absolute Gasteiger partial charge is 0.495 e. The van der Waals surface area contributed by atoms with E-state index in [2.05, 4.69) is 4.98 Å². The fourth-order valence-corrected chi connectivity index (χ4v) is 2.40. The van der Waals surface area contributed by atoms with Crippen molar-refractivity contribution in [2.24, 2.45) is 5.92 Å². The first-order valence-electron chi connectivity index (χ1n) is 7.04. The number of β-amino-alcohol motifs (C(OH)–C–C–N with tert-alkyl or cyclic N) is 1. The van der Waals surface area contributed by atoms with E-state index < -0.39 is 6.10 Å². The zero-order valence-corrected chi connectivity index (χ0v) is 12.1. The Bertz CT molecular complexity index is 464. The van der Waals surface area contributed by atoms with Crippen LogP contribution in [0.4, 0.5) is 0 Å². The topological polar surface area (TPSA) is 62.7 Å². The number of amides is 1. The van der Waals surface area contributed by atoms with Crippen molar-refractivity contribution in [3.63, 3.8) is 0 Å². The molecule has 20 heavy (non-hydrogen) atoms. The highest BCUT2D eigenvalue weighted by Crippen LogP contribution is 2.18. The Balaban J connectivity index is 1.85. The number of likely N-dealkylation sites (tertiary alicyclic amines) is 1. The predicted molar refractivity (Wildman–Crippen MR) is 75.5 cm³/mol. The van der Waals surface area contributed by atoms with Gasteiger partial charge in [0.1, 0.15) is 5.75 Å². The highest BCUT2D eigenvalue weighted by Gasteiger charge is 2.26. The first-order chi connectivity index (χ1) is 9.60. The molecule has 1 fully saturated rings. The molecule has 0 aliphatic carbocycles. The lowest BCUT2D eigenvalue weighted by molar-refractivity contribution is -0.135. The fourth-order valence-electron chi connectivity index (χ4n) is 2.40. The monoisotopic (exact) mass is 278 g/mol. The van der Waals surface area contributed by atoms with E-state index in [4.69, 9.17) is 4.74 Å². The number of pyridine rings is 1. The Hall–Kier alpha value is -1.62. The number of hydrogen-bond donors (Lipinski definition) is 1. The van der Waals surface area contributed by atoms with E-state index >= 15 is 0 Å². The minimum atomic E-state index is -0.397. The summed E-state index contributed by atoms with van der Waals surface area (Å²) in [7, 11) is 1.60. The van der Waals surface area contributed by atoms with Crippen molar-refractivity contribution in [3.8, 4) is 5.75 Å². The van der Waals surface area contributed by atoms with Gasteiger partial charge in [-0.25, -0.2) is 0 Å². The molecular weight excluding hydrogens is 256 g/mol. The van der Waals surface area contributed by atoms with Gasteiger partial charge in [-0.2, -0.15) is 0 Å². The molecule has 5 nitrogen and oxygen atoms in total. The van der Waals surface area contributed by atoms with Gasteiger partial charge in [0.05, 0.1) is 19.4 Å². The Kier molecular flexibility index (Phi) is 4.95. The Morgan fingerprint density at radius 2 is 2.35 bits per heavy atom. The normalized spacial score (nSPS) is 22.6.